The molecule has 1 saturated carbocycles. The molecule has 3 nitrogen and oxygen atoms in total. The van der Waals surface area contributed by atoms with Crippen LogP contribution in [0.25, 0.3) is 0 Å². The maximum absolute atomic E-state index is 12.0. The third kappa shape index (κ3) is 5.71. The van der Waals surface area contributed by atoms with Crippen molar-refractivity contribution in [3.63, 3.8) is 0 Å². The smallest absolute Gasteiger partial charge is 0.212 e. The van der Waals surface area contributed by atoms with E-state index in [0.29, 0.717) is 17.6 Å². The SMILES string of the molecule is CC(CBr)C(C)NS(=O)(=O)CC1CCCCC1. The van der Waals surface area contributed by atoms with Crippen molar-refractivity contribution in [3.8, 4) is 0 Å². The molecule has 0 amide bonds. The van der Waals surface area contributed by atoms with Crippen molar-refractivity contribution in [2.45, 2.75) is 52.0 Å². The molecule has 1 fully saturated rings. The summed E-state index contributed by atoms with van der Waals surface area (Å²) < 4.78 is 26.8. The van der Waals surface area contributed by atoms with Crippen molar-refractivity contribution >= 4 is 26.0 Å². The number of hydrogen-bond donors (Lipinski definition) is 1. The van der Waals surface area contributed by atoms with E-state index < -0.39 is 10.0 Å². The normalized spacial score (nSPS) is 22.3. The van der Waals surface area contributed by atoms with Crippen molar-refractivity contribution in [1.29, 1.82) is 0 Å². The lowest BCUT2D eigenvalue weighted by Crippen LogP contribution is -2.40. The molecule has 0 heterocycles. The quantitative estimate of drug-likeness (QED) is 0.763. The van der Waals surface area contributed by atoms with Gasteiger partial charge in [0, 0.05) is 11.4 Å². The molecule has 0 saturated heterocycles. The number of sulfonamides is 1. The van der Waals surface area contributed by atoms with Crippen LogP contribution in [0.1, 0.15) is 46.0 Å². The van der Waals surface area contributed by atoms with Crippen LogP contribution in [-0.2, 0) is 10.0 Å². The Labute approximate surface area is 114 Å². The predicted octanol–water partition coefficient (Wildman–Crippen LogP) is 2.91. The Bertz CT molecular complexity index is 302. The van der Waals surface area contributed by atoms with Crippen molar-refractivity contribution in [2.75, 3.05) is 11.1 Å². The molecule has 2 atom stereocenters. The summed E-state index contributed by atoms with van der Waals surface area (Å²) in [6, 6.07) is 0.00275. The lowest BCUT2D eigenvalue weighted by molar-refractivity contribution is 0.381. The lowest BCUT2D eigenvalue weighted by atomic mass is 9.91. The molecule has 0 aromatic heterocycles. The molecule has 0 spiro atoms. The first-order chi connectivity index (χ1) is 7.94. The van der Waals surface area contributed by atoms with E-state index in [0.717, 1.165) is 18.2 Å². The van der Waals surface area contributed by atoms with Crippen LogP contribution in [0.5, 0.6) is 0 Å². The van der Waals surface area contributed by atoms with Crippen molar-refractivity contribution in [1.82, 2.24) is 4.72 Å². The molecule has 1 aliphatic rings. The molecule has 102 valence electrons. The molecule has 0 aromatic carbocycles. The summed E-state index contributed by atoms with van der Waals surface area (Å²) in [5.41, 5.74) is 0. The fourth-order valence-electron chi connectivity index (χ4n) is 2.25. The van der Waals surface area contributed by atoms with E-state index in [1.165, 1.54) is 19.3 Å². The van der Waals surface area contributed by atoms with Gasteiger partial charge in [0.15, 0.2) is 0 Å². The standard InChI is InChI=1S/C12H24BrNO2S/c1-10(8-13)11(2)14-17(15,16)9-12-6-4-3-5-7-12/h10-12,14H,3-9H2,1-2H3. The van der Waals surface area contributed by atoms with Gasteiger partial charge in [-0.05, 0) is 31.6 Å². The molecule has 1 N–H and O–H groups in total. The number of halogens is 1. The molecular formula is C12H24BrNO2S. The van der Waals surface area contributed by atoms with Gasteiger partial charge in [-0.25, -0.2) is 13.1 Å². The summed E-state index contributed by atoms with van der Waals surface area (Å²) in [5.74, 6) is 0.996. The second-order valence-corrected chi connectivity index (χ2v) is 7.77. The maximum atomic E-state index is 12.0. The van der Waals surface area contributed by atoms with Crippen LogP contribution in [0, 0.1) is 11.8 Å². The average Bonchev–Trinajstić information content (AvgIpc) is 2.27. The van der Waals surface area contributed by atoms with E-state index in [9.17, 15) is 8.42 Å². The lowest BCUT2D eigenvalue weighted by Gasteiger charge is -2.24. The molecule has 0 aliphatic heterocycles. The molecule has 0 bridgehead atoms. The van der Waals surface area contributed by atoms with Gasteiger partial charge < -0.3 is 0 Å². The minimum atomic E-state index is -3.11. The van der Waals surface area contributed by atoms with Gasteiger partial charge in [-0.3, -0.25) is 0 Å². The predicted molar refractivity (Wildman–Crippen MR) is 75.9 cm³/mol. The van der Waals surface area contributed by atoms with Crippen LogP contribution < -0.4 is 4.72 Å². The second-order valence-electron chi connectivity index (χ2n) is 5.32. The molecule has 5 heteroatoms. The highest BCUT2D eigenvalue weighted by molar-refractivity contribution is 9.09. The molecular weight excluding hydrogens is 302 g/mol. The van der Waals surface area contributed by atoms with Crippen molar-refractivity contribution < 1.29 is 8.42 Å². The van der Waals surface area contributed by atoms with E-state index in [-0.39, 0.29) is 6.04 Å². The van der Waals surface area contributed by atoms with Crippen LogP contribution in [0.2, 0.25) is 0 Å². The zero-order chi connectivity index (χ0) is 12.9. The van der Waals surface area contributed by atoms with E-state index in [2.05, 4.69) is 20.7 Å². The Morgan fingerprint density at radius 3 is 2.35 bits per heavy atom. The summed E-state index contributed by atoms with van der Waals surface area (Å²) in [4.78, 5) is 0. The van der Waals surface area contributed by atoms with Gasteiger partial charge >= 0.3 is 0 Å². The third-order valence-electron chi connectivity index (χ3n) is 3.64. The average molecular weight is 326 g/mol. The fraction of sp³-hybridized carbons (Fsp3) is 1.00. The number of hydrogen-bond acceptors (Lipinski definition) is 2. The largest absolute Gasteiger partial charge is 0.212 e. The van der Waals surface area contributed by atoms with Crippen LogP contribution in [0.4, 0.5) is 0 Å². The Morgan fingerprint density at radius 1 is 1.24 bits per heavy atom. The minimum Gasteiger partial charge on any atom is -0.212 e. The molecule has 1 rings (SSSR count). The monoisotopic (exact) mass is 325 g/mol. The van der Waals surface area contributed by atoms with E-state index in [1.807, 2.05) is 13.8 Å². The summed E-state index contributed by atoms with van der Waals surface area (Å²) in [5, 5.41) is 0.820. The highest BCUT2D eigenvalue weighted by Crippen LogP contribution is 2.24. The van der Waals surface area contributed by atoms with Gasteiger partial charge in [0.1, 0.15) is 0 Å². The van der Waals surface area contributed by atoms with E-state index in [1.54, 1.807) is 0 Å². The van der Waals surface area contributed by atoms with Gasteiger partial charge in [-0.1, -0.05) is 42.1 Å². The molecule has 2 unspecified atom stereocenters. The van der Waals surface area contributed by atoms with Gasteiger partial charge in [-0.2, -0.15) is 0 Å². The molecule has 0 radical (unpaired) electrons. The van der Waals surface area contributed by atoms with Crippen LogP contribution in [0.15, 0.2) is 0 Å². The summed E-state index contributed by atoms with van der Waals surface area (Å²) in [6.07, 6.45) is 5.79. The fourth-order valence-corrected chi connectivity index (χ4v) is 4.65. The van der Waals surface area contributed by atoms with E-state index >= 15 is 0 Å². The first-order valence-electron chi connectivity index (χ1n) is 6.50. The zero-order valence-corrected chi connectivity index (χ0v) is 13.2. The molecule has 0 aromatic rings. The first kappa shape index (κ1) is 15.4. The summed E-state index contributed by atoms with van der Waals surface area (Å²) in [7, 11) is -3.11. The Morgan fingerprint density at radius 2 is 1.82 bits per heavy atom. The third-order valence-corrected chi connectivity index (χ3v) is 6.30. The highest BCUT2D eigenvalue weighted by Gasteiger charge is 2.24. The minimum absolute atomic E-state index is 0.00275. The topological polar surface area (TPSA) is 46.2 Å². The number of rotatable bonds is 6. The second kappa shape index (κ2) is 7.10. The Balaban J connectivity index is 2.44. The zero-order valence-electron chi connectivity index (χ0n) is 10.8. The summed E-state index contributed by atoms with van der Waals surface area (Å²) >= 11 is 3.39. The molecule has 1 aliphatic carbocycles. The Hall–Kier alpha value is 0.390. The van der Waals surface area contributed by atoms with Gasteiger partial charge in [0.25, 0.3) is 0 Å². The van der Waals surface area contributed by atoms with Crippen molar-refractivity contribution in [3.05, 3.63) is 0 Å². The van der Waals surface area contributed by atoms with Crippen LogP contribution in [0.3, 0.4) is 0 Å². The van der Waals surface area contributed by atoms with Crippen LogP contribution >= 0.6 is 15.9 Å². The van der Waals surface area contributed by atoms with Crippen LogP contribution in [-0.4, -0.2) is 25.5 Å². The Kier molecular flexibility index (Phi) is 6.45. The maximum Gasteiger partial charge on any atom is 0.212 e. The van der Waals surface area contributed by atoms with Gasteiger partial charge in [-0.15, -0.1) is 0 Å². The molecule has 17 heavy (non-hydrogen) atoms. The van der Waals surface area contributed by atoms with E-state index in [4.69, 9.17) is 0 Å². The summed E-state index contributed by atoms with van der Waals surface area (Å²) in [6.45, 7) is 3.98. The van der Waals surface area contributed by atoms with Crippen molar-refractivity contribution in [2.24, 2.45) is 11.8 Å². The first-order valence-corrected chi connectivity index (χ1v) is 9.28. The highest BCUT2D eigenvalue weighted by atomic mass is 79.9. The number of alkyl halides is 1. The number of nitrogens with one attached hydrogen (secondary N) is 1. The van der Waals surface area contributed by atoms with Gasteiger partial charge in [0.2, 0.25) is 10.0 Å². The van der Waals surface area contributed by atoms with Gasteiger partial charge in [0.05, 0.1) is 5.75 Å².